The topological polar surface area (TPSA) is 100 Å². The van der Waals surface area contributed by atoms with Crippen molar-refractivity contribution in [2.45, 2.75) is 122 Å². The molecule has 1 spiro atoms. The van der Waals surface area contributed by atoms with Crippen LogP contribution in [0.1, 0.15) is 81.1 Å². The fourth-order valence-corrected chi connectivity index (χ4v) is 6.88. The molecule has 3 aliphatic rings. The maximum Gasteiger partial charge on any atom is 0.311 e. The molecular formula is C28H52N2O6. The van der Waals surface area contributed by atoms with E-state index >= 15 is 0 Å². The molecule has 10 atom stereocenters. The van der Waals surface area contributed by atoms with E-state index in [-0.39, 0.29) is 29.9 Å². The van der Waals surface area contributed by atoms with Gasteiger partial charge in [0.25, 0.3) is 0 Å². The highest BCUT2D eigenvalue weighted by atomic mass is 16.7. The second kappa shape index (κ2) is 11.1. The van der Waals surface area contributed by atoms with Crippen molar-refractivity contribution < 1.29 is 29.2 Å². The number of piperidine rings is 1. The van der Waals surface area contributed by atoms with Gasteiger partial charge < -0.3 is 34.6 Å². The van der Waals surface area contributed by atoms with Crippen LogP contribution in [0.4, 0.5) is 0 Å². The van der Waals surface area contributed by atoms with Gasteiger partial charge in [0.15, 0.2) is 5.79 Å². The van der Waals surface area contributed by atoms with Gasteiger partial charge in [0.05, 0.1) is 17.6 Å². The first-order valence-corrected chi connectivity index (χ1v) is 14.1. The maximum atomic E-state index is 13.6. The number of cyclic esters (lactones) is 1. The van der Waals surface area contributed by atoms with Gasteiger partial charge in [0.2, 0.25) is 0 Å². The normalized spacial score (nSPS) is 47.6. The van der Waals surface area contributed by atoms with Gasteiger partial charge in [-0.2, -0.15) is 0 Å². The Labute approximate surface area is 218 Å². The highest BCUT2D eigenvalue weighted by Gasteiger charge is 2.54. The molecule has 3 heterocycles. The first-order valence-electron chi connectivity index (χ1n) is 14.1. The van der Waals surface area contributed by atoms with E-state index in [9.17, 15) is 15.0 Å². The van der Waals surface area contributed by atoms with Crippen molar-refractivity contribution in [1.29, 1.82) is 0 Å². The highest BCUT2D eigenvalue weighted by molar-refractivity contribution is 5.73. The molecule has 0 aliphatic carbocycles. The highest BCUT2D eigenvalue weighted by Crippen LogP contribution is 2.47. The number of ether oxygens (including phenoxy) is 3. The number of nitrogens with one attached hydrogen (secondary N) is 1. The minimum Gasteiger partial charge on any atom is -0.459 e. The van der Waals surface area contributed by atoms with Crippen LogP contribution < -0.4 is 5.32 Å². The van der Waals surface area contributed by atoms with Gasteiger partial charge in [0.1, 0.15) is 17.8 Å². The van der Waals surface area contributed by atoms with E-state index in [0.29, 0.717) is 6.42 Å². The van der Waals surface area contributed by atoms with E-state index in [1.807, 2.05) is 27.8 Å². The molecular weight excluding hydrogens is 460 g/mol. The lowest BCUT2D eigenvalue weighted by atomic mass is 9.73. The number of aliphatic hydroxyl groups excluding tert-OH is 1. The number of carbonyl (C=O) groups is 1. The molecule has 36 heavy (non-hydrogen) atoms. The van der Waals surface area contributed by atoms with Crippen molar-refractivity contribution in [3.8, 4) is 0 Å². The zero-order valence-electron chi connectivity index (χ0n) is 24.0. The van der Waals surface area contributed by atoms with E-state index in [1.165, 1.54) is 0 Å². The lowest BCUT2D eigenvalue weighted by Gasteiger charge is -2.46. The average molecular weight is 513 g/mol. The van der Waals surface area contributed by atoms with Crippen molar-refractivity contribution in [3.05, 3.63) is 0 Å². The fourth-order valence-electron chi connectivity index (χ4n) is 6.88. The molecule has 3 rings (SSSR count). The number of hydrogen-bond acceptors (Lipinski definition) is 8. The van der Waals surface area contributed by atoms with Crippen LogP contribution in [0.5, 0.6) is 0 Å². The summed E-state index contributed by atoms with van der Waals surface area (Å²) in [5.41, 5.74) is -2.05. The number of aliphatic hydroxyl groups is 2. The SMILES string of the molecule is CC[C@H]1OC(=O)[C@H](C)[C@H]2OC3(CCNCC3)OC(C)(C[C@@H](C)CN(C)[C@H](C)[C@@H](O)[C@]1(C)O)[C@H](C)[C@H]2C. The fraction of sp³-hybridized carbons (Fsp3) is 0.964. The van der Waals surface area contributed by atoms with Crippen LogP contribution >= 0.6 is 0 Å². The largest absolute Gasteiger partial charge is 0.459 e. The van der Waals surface area contributed by atoms with E-state index < -0.39 is 41.1 Å². The van der Waals surface area contributed by atoms with Gasteiger partial charge in [-0.05, 0) is 65.3 Å². The lowest BCUT2D eigenvalue weighted by Crippen LogP contribution is -2.59. The number of hydrogen-bond donors (Lipinski definition) is 3. The zero-order valence-corrected chi connectivity index (χ0v) is 24.0. The Bertz CT molecular complexity index is 756. The molecule has 1 unspecified atom stereocenters. The Morgan fingerprint density at radius 3 is 2.31 bits per heavy atom. The van der Waals surface area contributed by atoms with Crippen molar-refractivity contribution in [3.63, 3.8) is 0 Å². The first kappa shape index (κ1) is 29.8. The van der Waals surface area contributed by atoms with Crippen LogP contribution in [-0.2, 0) is 19.0 Å². The van der Waals surface area contributed by atoms with Crippen LogP contribution in [-0.4, -0.2) is 89.1 Å². The van der Waals surface area contributed by atoms with Gasteiger partial charge in [0, 0.05) is 38.5 Å². The maximum absolute atomic E-state index is 13.6. The van der Waals surface area contributed by atoms with Gasteiger partial charge in [-0.1, -0.05) is 27.7 Å². The minimum atomic E-state index is -1.60. The Balaban J connectivity index is 2.08. The second-order valence-corrected chi connectivity index (χ2v) is 12.6. The van der Waals surface area contributed by atoms with Gasteiger partial charge in [-0.15, -0.1) is 0 Å². The summed E-state index contributed by atoms with van der Waals surface area (Å²) in [6, 6.07) is -0.332. The predicted octanol–water partition coefficient (Wildman–Crippen LogP) is 2.94. The quantitative estimate of drug-likeness (QED) is 0.461. The van der Waals surface area contributed by atoms with Crippen LogP contribution in [0, 0.1) is 23.7 Å². The molecule has 0 radical (unpaired) electrons. The van der Waals surface area contributed by atoms with E-state index in [0.717, 1.165) is 38.9 Å². The molecule has 3 saturated heterocycles. The molecule has 2 bridgehead atoms. The summed E-state index contributed by atoms with van der Waals surface area (Å²) in [6.45, 7) is 18.4. The molecule has 0 saturated carbocycles. The second-order valence-electron chi connectivity index (χ2n) is 12.6. The number of rotatable bonds is 1. The minimum absolute atomic E-state index is 0.0481. The molecule has 3 fully saturated rings. The van der Waals surface area contributed by atoms with Crippen LogP contribution in [0.3, 0.4) is 0 Å². The third-order valence-corrected chi connectivity index (χ3v) is 9.66. The molecule has 8 nitrogen and oxygen atoms in total. The van der Waals surface area contributed by atoms with Crippen molar-refractivity contribution in [1.82, 2.24) is 10.2 Å². The molecule has 0 aromatic rings. The monoisotopic (exact) mass is 512 g/mol. The molecule has 0 amide bonds. The van der Waals surface area contributed by atoms with Crippen LogP contribution in [0.2, 0.25) is 0 Å². The third kappa shape index (κ3) is 5.79. The smallest absolute Gasteiger partial charge is 0.311 e. The Hall–Kier alpha value is -0.770. The lowest BCUT2D eigenvalue weighted by molar-refractivity contribution is -0.307. The Morgan fingerprint density at radius 1 is 1.11 bits per heavy atom. The average Bonchev–Trinajstić information content (AvgIpc) is 2.89. The summed E-state index contributed by atoms with van der Waals surface area (Å²) in [4.78, 5) is 15.6. The van der Waals surface area contributed by atoms with Gasteiger partial charge in [-0.25, -0.2) is 0 Å². The number of esters is 1. The number of likely N-dealkylation sites (N-methyl/N-ethyl adjacent to an activating group) is 1. The van der Waals surface area contributed by atoms with E-state index in [2.05, 4.69) is 37.9 Å². The van der Waals surface area contributed by atoms with Crippen LogP contribution in [0.15, 0.2) is 0 Å². The zero-order chi connectivity index (χ0) is 27.1. The summed E-state index contributed by atoms with van der Waals surface area (Å²) in [6.07, 6.45) is 0.351. The van der Waals surface area contributed by atoms with Crippen molar-refractivity contribution in [2.75, 3.05) is 26.7 Å². The van der Waals surface area contributed by atoms with Crippen LogP contribution in [0.25, 0.3) is 0 Å². The van der Waals surface area contributed by atoms with Crippen molar-refractivity contribution >= 4 is 5.97 Å². The number of nitrogens with zero attached hydrogens (tertiary/aromatic N) is 1. The molecule has 0 aromatic carbocycles. The summed E-state index contributed by atoms with van der Waals surface area (Å²) < 4.78 is 19.8. The first-order chi connectivity index (χ1) is 16.7. The standard InChI is InChI=1S/C28H52N2O6/c1-10-22-27(8,33)24(31)21(6)30(9)16-17(2)15-26(7)20(5)18(3)23(19(4)25(32)34-22)35-28(36-26)11-13-29-14-12-28/h17-24,29,31,33H,10-16H2,1-9H3/t17-,18-,19-,20-,21-,22-,23+,24-,26?,27-/m1/s1. The van der Waals surface area contributed by atoms with Crippen molar-refractivity contribution in [2.24, 2.45) is 23.7 Å². The van der Waals surface area contributed by atoms with E-state index in [4.69, 9.17) is 14.2 Å². The van der Waals surface area contributed by atoms with E-state index in [1.54, 1.807) is 6.92 Å². The predicted molar refractivity (Wildman–Crippen MR) is 139 cm³/mol. The Morgan fingerprint density at radius 2 is 1.72 bits per heavy atom. The Kier molecular flexibility index (Phi) is 9.22. The number of carbonyl (C=O) groups excluding carboxylic acids is 1. The summed E-state index contributed by atoms with van der Waals surface area (Å²) >= 11 is 0. The molecule has 3 N–H and O–H groups in total. The number of fused-ring (bicyclic) bond motifs is 3. The van der Waals surface area contributed by atoms with Gasteiger partial charge >= 0.3 is 5.97 Å². The molecule has 210 valence electrons. The molecule has 8 heteroatoms. The summed E-state index contributed by atoms with van der Waals surface area (Å²) in [5.74, 6) is -1.25. The summed E-state index contributed by atoms with van der Waals surface area (Å²) in [7, 11) is 1.98. The molecule has 3 aliphatic heterocycles. The molecule has 0 aromatic heterocycles. The summed E-state index contributed by atoms with van der Waals surface area (Å²) in [5, 5.41) is 26.0. The third-order valence-electron chi connectivity index (χ3n) is 9.66. The van der Waals surface area contributed by atoms with Gasteiger partial charge in [-0.3, -0.25) is 4.79 Å².